The number of rotatable bonds is 5. The summed E-state index contributed by atoms with van der Waals surface area (Å²) in [5.41, 5.74) is -1.33. The van der Waals surface area contributed by atoms with Crippen molar-refractivity contribution in [3.05, 3.63) is 36.3 Å². The lowest BCUT2D eigenvalue weighted by Crippen LogP contribution is -2.58. The molecule has 1 amide bonds. The second-order valence-electron chi connectivity index (χ2n) is 8.23. The molecular weight excluding hydrogens is 411 g/mol. The van der Waals surface area contributed by atoms with Crippen LogP contribution in [-0.4, -0.2) is 52.6 Å². The van der Waals surface area contributed by atoms with Crippen molar-refractivity contribution in [2.75, 3.05) is 30.4 Å². The zero-order valence-corrected chi connectivity index (χ0v) is 17.4. The third-order valence-electron chi connectivity index (χ3n) is 6.25. The third kappa shape index (κ3) is 4.39. The number of ether oxygens (including phenoxy) is 1. The summed E-state index contributed by atoms with van der Waals surface area (Å²) in [6.07, 6.45) is 5.11. The first-order chi connectivity index (χ1) is 14.8. The summed E-state index contributed by atoms with van der Waals surface area (Å²) in [6.45, 7) is 0.0483. The van der Waals surface area contributed by atoms with Crippen LogP contribution in [0.5, 0.6) is 0 Å². The number of hydrogen-bond acceptors (Lipinski definition) is 5. The first-order valence-electron chi connectivity index (χ1n) is 10.5. The number of carbonyl (C=O) groups excluding carboxylic acids is 1. The topological polar surface area (TPSA) is 72.3 Å². The number of hydrogen-bond donors (Lipinski definition) is 1. The van der Waals surface area contributed by atoms with Gasteiger partial charge in [0.25, 0.3) is 5.91 Å². The summed E-state index contributed by atoms with van der Waals surface area (Å²) in [7, 11) is 1.08. The number of piperidine rings is 1. The number of nitrogens with one attached hydrogen (secondary N) is 1. The number of nitrogens with zero attached hydrogens (tertiary/aromatic N) is 4. The van der Waals surface area contributed by atoms with Gasteiger partial charge in [-0.2, -0.15) is 18.3 Å². The molecule has 2 aromatic heterocycles. The molecule has 10 heteroatoms. The number of methoxy groups -OCH3 is 1. The Labute approximate surface area is 178 Å². The molecule has 31 heavy (non-hydrogen) atoms. The summed E-state index contributed by atoms with van der Waals surface area (Å²) in [5.74, 6) is -0.0415. The highest BCUT2D eigenvalue weighted by molar-refractivity contribution is 6.04. The van der Waals surface area contributed by atoms with E-state index in [1.807, 2.05) is 10.9 Å². The molecule has 2 aliphatic rings. The van der Waals surface area contributed by atoms with Crippen LogP contribution in [0.15, 0.2) is 30.7 Å². The average Bonchev–Trinajstić information content (AvgIpc) is 3.45. The van der Waals surface area contributed by atoms with Crippen molar-refractivity contribution in [3.63, 3.8) is 0 Å². The van der Waals surface area contributed by atoms with Crippen molar-refractivity contribution < 1.29 is 22.7 Å². The lowest BCUT2D eigenvalue weighted by Gasteiger charge is -2.43. The highest BCUT2D eigenvalue weighted by Gasteiger charge is 2.57. The van der Waals surface area contributed by atoms with E-state index in [-0.39, 0.29) is 18.9 Å². The Kier molecular flexibility index (Phi) is 5.92. The Morgan fingerprint density at radius 3 is 2.77 bits per heavy atom. The summed E-state index contributed by atoms with van der Waals surface area (Å²) in [4.78, 5) is 18.4. The molecule has 0 bridgehead atoms. The Balaban J connectivity index is 1.47. The van der Waals surface area contributed by atoms with Gasteiger partial charge in [0, 0.05) is 31.6 Å². The van der Waals surface area contributed by atoms with Gasteiger partial charge in [-0.15, -0.1) is 0 Å². The van der Waals surface area contributed by atoms with Gasteiger partial charge in [0.2, 0.25) is 0 Å². The minimum absolute atomic E-state index is 0.103. The van der Waals surface area contributed by atoms with E-state index in [1.54, 1.807) is 6.20 Å². The van der Waals surface area contributed by atoms with Crippen LogP contribution in [0, 0.1) is 0 Å². The molecule has 2 aromatic rings. The number of alkyl halides is 3. The van der Waals surface area contributed by atoms with Crippen LogP contribution >= 0.6 is 0 Å². The van der Waals surface area contributed by atoms with E-state index in [4.69, 9.17) is 4.74 Å². The van der Waals surface area contributed by atoms with Crippen LogP contribution < -0.4 is 10.2 Å². The number of aromatic nitrogens is 3. The van der Waals surface area contributed by atoms with Crippen LogP contribution in [-0.2, 0) is 4.74 Å². The molecule has 0 aromatic carbocycles. The fourth-order valence-electron chi connectivity index (χ4n) is 4.44. The fourth-order valence-corrected chi connectivity index (χ4v) is 4.44. The first kappa shape index (κ1) is 21.6. The van der Waals surface area contributed by atoms with E-state index < -0.39 is 11.8 Å². The van der Waals surface area contributed by atoms with Crippen molar-refractivity contribution in [1.29, 1.82) is 0 Å². The maximum Gasteiger partial charge on any atom is 0.419 e. The summed E-state index contributed by atoms with van der Waals surface area (Å²) in [6, 6.07) is 3.42. The van der Waals surface area contributed by atoms with Crippen LogP contribution in [0.4, 0.5) is 24.7 Å². The average molecular weight is 437 g/mol. The monoisotopic (exact) mass is 437 g/mol. The number of halogens is 3. The summed E-state index contributed by atoms with van der Waals surface area (Å²) >= 11 is 0. The minimum Gasteiger partial charge on any atom is -0.367 e. The van der Waals surface area contributed by atoms with Crippen molar-refractivity contribution in [3.8, 4) is 0 Å². The molecule has 168 valence electrons. The van der Waals surface area contributed by atoms with Crippen LogP contribution in [0.1, 0.15) is 54.9 Å². The molecule has 7 nitrogen and oxygen atoms in total. The smallest absolute Gasteiger partial charge is 0.367 e. The van der Waals surface area contributed by atoms with Crippen molar-refractivity contribution in [2.45, 2.75) is 56.3 Å². The zero-order valence-electron chi connectivity index (χ0n) is 17.4. The van der Waals surface area contributed by atoms with Gasteiger partial charge in [0.1, 0.15) is 5.82 Å². The Morgan fingerprint density at radius 2 is 2.06 bits per heavy atom. The number of carbonyl (C=O) groups is 1. The van der Waals surface area contributed by atoms with E-state index in [9.17, 15) is 18.0 Å². The maximum atomic E-state index is 13.6. The molecule has 1 atom stereocenters. The quantitative estimate of drug-likeness (QED) is 0.759. The van der Waals surface area contributed by atoms with Gasteiger partial charge >= 0.3 is 6.18 Å². The van der Waals surface area contributed by atoms with E-state index in [0.29, 0.717) is 36.1 Å². The lowest BCUT2D eigenvalue weighted by atomic mass is 9.91. The molecule has 2 fully saturated rings. The predicted octanol–water partition coefficient (Wildman–Crippen LogP) is 4.19. The molecule has 0 radical (unpaired) electrons. The van der Waals surface area contributed by atoms with Crippen LogP contribution in [0.3, 0.4) is 0 Å². The molecule has 0 spiro atoms. The molecule has 1 aliphatic heterocycles. The Hall–Kier alpha value is -2.62. The molecule has 1 N–H and O–H groups in total. The lowest BCUT2D eigenvalue weighted by molar-refractivity contribution is -0.271. The van der Waals surface area contributed by atoms with Gasteiger partial charge in [-0.1, -0.05) is 12.8 Å². The van der Waals surface area contributed by atoms with Gasteiger partial charge in [0.15, 0.2) is 5.60 Å². The highest BCUT2D eigenvalue weighted by Crippen LogP contribution is 2.40. The van der Waals surface area contributed by atoms with Gasteiger partial charge in [0.05, 0.1) is 24.5 Å². The molecule has 1 saturated heterocycles. The largest absolute Gasteiger partial charge is 0.419 e. The number of anilines is 2. The summed E-state index contributed by atoms with van der Waals surface area (Å²) in [5, 5.41) is 7.16. The van der Waals surface area contributed by atoms with Gasteiger partial charge in [-0.05, 0) is 37.8 Å². The molecule has 1 unspecified atom stereocenters. The molecular formula is C21H26F3N5O2. The molecule has 4 rings (SSSR count). The van der Waals surface area contributed by atoms with Crippen molar-refractivity contribution in [2.24, 2.45) is 0 Å². The highest BCUT2D eigenvalue weighted by atomic mass is 19.4. The number of pyridine rings is 1. The van der Waals surface area contributed by atoms with E-state index in [0.717, 1.165) is 20.0 Å². The Bertz CT molecular complexity index is 926. The van der Waals surface area contributed by atoms with E-state index in [2.05, 4.69) is 15.4 Å². The predicted molar refractivity (Wildman–Crippen MR) is 109 cm³/mol. The van der Waals surface area contributed by atoms with Crippen LogP contribution in [0.25, 0.3) is 0 Å². The normalized spacial score (nSPS) is 22.6. The molecule has 1 saturated carbocycles. The second kappa shape index (κ2) is 8.49. The Morgan fingerprint density at radius 1 is 1.29 bits per heavy atom. The minimum atomic E-state index is -4.49. The van der Waals surface area contributed by atoms with Crippen LogP contribution in [0.2, 0.25) is 0 Å². The van der Waals surface area contributed by atoms with E-state index >= 15 is 0 Å². The van der Waals surface area contributed by atoms with Crippen molar-refractivity contribution in [1.82, 2.24) is 14.8 Å². The van der Waals surface area contributed by atoms with Gasteiger partial charge in [-0.3, -0.25) is 9.48 Å². The SMILES string of the molecule is COC1(C(F)(F)F)CCCN(c2cc(C(=O)Nc3cnn(C4CCCC4)c3)ccn2)C1. The first-order valence-corrected chi connectivity index (χ1v) is 10.5. The van der Waals surface area contributed by atoms with Crippen molar-refractivity contribution >= 4 is 17.4 Å². The number of amides is 1. The van der Waals surface area contributed by atoms with Gasteiger partial charge in [-0.25, -0.2) is 4.98 Å². The third-order valence-corrected chi connectivity index (χ3v) is 6.25. The molecule has 3 heterocycles. The fraction of sp³-hybridized carbons (Fsp3) is 0.571. The standard InChI is InChI=1S/C21H26F3N5O2/c1-31-20(21(22,23)24)8-4-10-28(14-20)18-11-15(7-9-25-18)19(30)27-16-12-26-29(13-16)17-5-2-3-6-17/h7,9,11-13,17H,2-6,8,10,14H2,1H3,(H,27,30). The maximum absolute atomic E-state index is 13.6. The summed E-state index contributed by atoms with van der Waals surface area (Å²) < 4.78 is 47.6. The van der Waals surface area contributed by atoms with Gasteiger partial charge < -0.3 is 15.0 Å². The van der Waals surface area contributed by atoms with E-state index in [1.165, 1.54) is 36.1 Å². The second-order valence-corrected chi connectivity index (χ2v) is 8.23. The zero-order chi connectivity index (χ0) is 22.1. The molecule has 1 aliphatic carbocycles.